The average Bonchev–Trinajstić information content (AvgIpc) is 2.85. The molecule has 1 heterocycles. The summed E-state index contributed by atoms with van der Waals surface area (Å²) in [5.41, 5.74) is 3.93. The Morgan fingerprint density at radius 1 is 0.800 bits per heavy atom. The van der Waals surface area contributed by atoms with Gasteiger partial charge >= 0.3 is 0 Å². The van der Waals surface area contributed by atoms with Gasteiger partial charge in [-0.15, -0.1) is 0 Å². The molecule has 180 valence electrons. The van der Waals surface area contributed by atoms with Gasteiger partial charge in [0.05, 0.1) is 12.0 Å². The number of aryl methyl sites for hydroxylation is 2. The number of nitrogens with one attached hydrogen (secondary N) is 3. The van der Waals surface area contributed by atoms with Gasteiger partial charge in [-0.2, -0.15) is 4.98 Å². The van der Waals surface area contributed by atoms with Crippen LogP contribution in [0.25, 0.3) is 0 Å². The van der Waals surface area contributed by atoms with E-state index < -0.39 is 10.0 Å². The fourth-order valence-electron chi connectivity index (χ4n) is 3.38. The Balaban J connectivity index is 1.44. The number of sulfonamides is 1. The van der Waals surface area contributed by atoms with Gasteiger partial charge in [-0.25, -0.2) is 13.4 Å². The lowest BCUT2D eigenvalue weighted by Crippen LogP contribution is -2.13. The number of nitrogens with zero attached hydrogens (tertiary/aromatic N) is 2. The third-order valence-corrected chi connectivity index (χ3v) is 6.65. The summed E-state index contributed by atoms with van der Waals surface area (Å²) in [6.07, 6.45) is 0.853. The van der Waals surface area contributed by atoms with Gasteiger partial charge in [-0.3, -0.25) is 4.72 Å². The van der Waals surface area contributed by atoms with Crippen molar-refractivity contribution < 1.29 is 13.2 Å². The maximum atomic E-state index is 12.7. The number of anilines is 5. The molecule has 3 N–H and O–H groups in total. The third kappa shape index (κ3) is 6.27. The van der Waals surface area contributed by atoms with Gasteiger partial charge in [0.1, 0.15) is 11.6 Å². The summed E-state index contributed by atoms with van der Waals surface area (Å²) in [7, 11) is -2.04. The maximum Gasteiger partial charge on any atom is 0.261 e. The van der Waals surface area contributed by atoms with Crippen LogP contribution in [0.2, 0.25) is 0 Å². The molecule has 3 aromatic carbocycles. The van der Waals surface area contributed by atoms with E-state index in [4.69, 9.17) is 4.74 Å². The molecular weight excluding hydrogens is 462 g/mol. The van der Waals surface area contributed by atoms with E-state index in [1.54, 1.807) is 43.5 Å². The summed E-state index contributed by atoms with van der Waals surface area (Å²) in [6, 6.07) is 23.2. The monoisotopic (exact) mass is 489 g/mol. The van der Waals surface area contributed by atoms with Crippen LogP contribution in [0.15, 0.2) is 83.8 Å². The summed E-state index contributed by atoms with van der Waals surface area (Å²) in [6.45, 7) is 3.91. The molecule has 0 amide bonds. The molecule has 0 fully saturated rings. The molecule has 4 rings (SSSR count). The van der Waals surface area contributed by atoms with E-state index in [1.165, 1.54) is 0 Å². The van der Waals surface area contributed by atoms with E-state index in [0.29, 0.717) is 17.5 Å². The first kappa shape index (κ1) is 24.0. The molecular formula is C26H27N5O3S. The fourth-order valence-corrected chi connectivity index (χ4v) is 4.44. The third-order valence-electron chi connectivity index (χ3n) is 5.25. The molecule has 0 aliphatic rings. The predicted molar refractivity (Wildman–Crippen MR) is 139 cm³/mol. The smallest absolute Gasteiger partial charge is 0.261 e. The van der Waals surface area contributed by atoms with Gasteiger partial charge in [0, 0.05) is 28.8 Å². The summed E-state index contributed by atoms with van der Waals surface area (Å²) >= 11 is 0. The number of hydrogen-bond acceptors (Lipinski definition) is 7. The molecule has 0 saturated carbocycles. The number of methoxy groups -OCH3 is 1. The van der Waals surface area contributed by atoms with Gasteiger partial charge in [0.15, 0.2) is 0 Å². The highest BCUT2D eigenvalue weighted by Gasteiger charge is 2.14. The second-order valence-electron chi connectivity index (χ2n) is 7.88. The maximum absolute atomic E-state index is 12.7. The lowest BCUT2D eigenvalue weighted by Gasteiger charge is -2.12. The Kier molecular flexibility index (Phi) is 7.17. The molecule has 0 radical (unpaired) electrons. The van der Waals surface area contributed by atoms with Gasteiger partial charge in [0.25, 0.3) is 10.0 Å². The predicted octanol–water partition coefficient (Wildman–Crippen LogP) is 5.64. The van der Waals surface area contributed by atoms with Crippen molar-refractivity contribution >= 4 is 38.9 Å². The zero-order valence-electron chi connectivity index (χ0n) is 19.7. The van der Waals surface area contributed by atoms with Crippen LogP contribution >= 0.6 is 0 Å². The fraction of sp³-hybridized carbons (Fsp3) is 0.154. The minimum Gasteiger partial charge on any atom is -0.497 e. The first-order chi connectivity index (χ1) is 16.8. The van der Waals surface area contributed by atoms with Gasteiger partial charge in [-0.1, -0.05) is 19.1 Å². The summed E-state index contributed by atoms with van der Waals surface area (Å²) in [4.78, 5) is 9.19. The van der Waals surface area contributed by atoms with Gasteiger partial charge < -0.3 is 15.4 Å². The molecule has 4 aromatic rings. The minimum atomic E-state index is -3.67. The van der Waals surface area contributed by atoms with Crippen molar-refractivity contribution in [3.8, 4) is 5.75 Å². The van der Waals surface area contributed by atoms with Crippen molar-refractivity contribution in [2.24, 2.45) is 0 Å². The van der Waals surface area contributed by atoms with Gasteiger partial charge in [0.2, 0.25) is 5.95 Å². The Hall–Kier alpha value is -4.11. The standard InChI is InChI=1S/C26H27N5O3S/c1-4-19-5-15-24(16-6-19)35(32,33)31-22-9-7-21(8-10-22)29-26-27-18(2)17-25(30-26)28-20-11-13-23(34-3)14-12-20/h5-17,31H,4H2,1-3H3,(H2,27,28,29,30). The average molecular weight is 490 g/mol. The second-order valence-corrected chi connectivity index (χ2v) is 9.56. The highest BCUT2D eigenvalue weighted by molar-refractivity contribution is 7.92. The Labute approximate surface area is 205 Å². The topological polar surface area (TPSA) is 105 Å². The van der Waals surface area contributed by atoms with E-state index >= 15 is 0 Å². The molecule has 1 aromatic heterocycles. The van der Waals surface area contributed by atoms with Crippen LogP contribution in [-0.2, 0) is 16.4 Å². The van der Waals surface area contributed by atoms with Crippen molar-refractivity contribution in [2.75, 3.05) is 22.5 Å². The molecule has 0 bridgehead atoms. The molecule has 0 aliphatic carbocycles. The molecule has 35 heavy (non-hydrogen) atoms. The van der Waals surface area contributed by atoms with E-state index in [-0.39, 0.29) is 4.90 Å². The second kappa shape index (κ2) is 10.4. The molecule has 0 aliphatic heterocycles. The van der Waals surface area contributed by atoms with E-state index in [0.717, 1.165) is 34.8 Å². The van der Waals surface area contributed by atoms with E-state index in [2.05, 4.69) is 25.3 Å². The zero-order chi connectivity index (χ0) is 24.8. The summed E-state index contributed by atoms with van der Waals surface area (Å²) < 4.78 is 33.2. The van der Waals surface area contributed by atoms with E-state index in [9.17, 15) is 8.42 Å². The largest absolute Gasteiger partial charge is 0.497 e. The molecule has 0 atom stereocenters. The van der Waals surface area contributed by atoms with Crippen molar-refractivity contribution in [2.45, 2.75) is 25.2 Å². The normalized spacial score (nSPS) is 11.1. The Bertz CT molecular complexity index is 1390. The number of ether oxygens (including phenoxy) is 1. The lowest BCUT2D eigenvalue weighted by atomic mass is 10.2. The van der Waals surface area contributed by atoms with Crippen molar-refractivity contribution in [3.05, 3.63) is 90.1 Å². The highest BCUT2D eigenvalue weighted by Crippen LogP contribution is 2.23. The first-order valence-electron chi connectivity index (χ1n) is 11.1. The summed E-state index contributed by atoms with van der Waals surface area (Å²) in [5.74, 6) is 1.84. The van der Waals surface area contributed by atoms with Crippen molar-refractivity contribution in [1.29, 1.82) is 0 Å². The summed E-state index contributed by atoms with van der Waals surface area (Å²) in [5, 5.41) is 6.42. The molecule has 8 nitrogen and oxygen atoms in total. The number of rotatable bonds is 9. The molecule has 0 spiro atoms. The highest BCUT2D eigenvalue weighted by atomic mass is 32.2. The molecule has 9 heteroatoms. The molecule has 0 saturated heterocycles. The van der Waals surface area contributed by atoms with Crippen LogP contribution in [0.3, 0.4) is 0 Å². The first-order valence-corrected chi connectivity index (χ1v) is 12.6. The van der Waals surface area contributed by atoms with Crippen LogP contribution in [0.1, 0.15) is 18.2 Å². The minimum absolute atomic E-state index is 0.224. The van der Waals surface area contributed by atoms with Crippen LogP contribution in [0.5, 0.6) is 5.75 Å². The number of hydrogen-bond donors (Lipinski definition) is 3. The van der Waals surface area contributed by atoms with E-state index in [1.807, 2.05) is 56.3 Å². The zero-order valence-corrected chi connectivity index (χ0v) is 20.6. The van der Waals surface area contributed by atoms with Crippen molar-refractivity contribution in [1.82, 2.24) is 9.97 Å². The van der Waals surface area contributed by atoms with Gasteiger partial charge in [-0.05, 0) is 79.6 Å². The van der Waals surface area contributed by atoms with Crippen LogP contribution in [0, 0.1) is 6.92 Å². The number of benzene rings is 3. The SMILES string of the molecule is CCc1ccc(S(=O)(=O)Nc2ccc(Nc3nc(C)cc(Nc4ccc(OC)cc4)n3)cc2)cc1. The quantitative estimate of drug-likeness (QED) is 0.279. The number of aromatic nitrogens is 2. The van der Waals surface area contributed by atoms with Crippen molar-refractivity contribution in [3.63, 3.8) is 0 Å². The van der Waals surface area contributed by atoms with Crippen LogP contribution in [-0.4, -0.2) is 25.5 Å². The molecule has 0 unspecified atom stereocenters. The van der Waals surface area contributed by atoms with Crippen LogP contribution in [0.4, 0.5) is 28.8 Å². The Morgan fingerprint density at radius 2 is 1.40 bits per heavy atom. The Morgan fingerprint density at radius 3 is 2.03 bits per heavy atom. The van der Waals surface area contributed by atoms with Crippen LogP contribution < -0.4 is 20.1 Å². The lowest BCUT2D eigenvalue weighted by molar-refractivity contribution is 0.415.